The van der Waals surface area contributed by atoms with Crippen molar-refractivity contribution in [1.29, 1.82) is 0 Å². The van der Waals surface area contributed by atoms with Gasteiger partial charge in [0.1, 0.15) is 0 Å². The molecule has 2 heteroatoms. The molecule has 0 atom stereocenters. The monoisotopic (exact) mass is 403 g/mol. The van der Waals surface area contributed by atoms with Crippen LogP contribution in [-0.4, -0.2) is 4.98 Å². The van der Waals surface area contributed by atoms with E-state index in [0.717, 1.165) is 16.8 Å². The number of para-hydroxylation sites is 1. The van der Waals surface area contributed by atoms with Crippen LogP contribution in [-0.2, 0) is 17.1 Å². The van der Waals surface area contributed by atoms with E-state index >= 15 is 0 Å². The van der Waals surface area contributed by atoms with Gasteiger partial charge < -0.3 is 0 Å². The number of rotatable bonds is 2. The Hall–Kier alpha value is -2.67. The third kappa shape index (κ3) is 4.59. The third-order valence-electron chi connectivity index (χ3n) is 4.59. The first-order valence-corrected chi connectivity index (χ1v) is 9.17. The van der Waals surface area contributed by atoms with Gasteiger partial charge in [-0.1, -0.05) is 90.6 Å². The van der Waals surface area contributed by atoms with Gasteiger partial charge in [0.25, 0.3) is 0 Å². The van der Waals surface area contributed by atoms with Gasteiger partial charge in [0.2, 0.25) is 0 Å². The molecule has 0 N–H and O–H groups in total. The number of aryl methyl sites for hydroxylation is 1. The van der Waals surface area contributed by atoms with Crippen molar-refractivity contribution in [3.8, 4) is 11.3 Å². The summed E-state index contributed by atoms with van der Waals surface area (Å²) in [5.74, 6) is 0. The van der Waals surface area contributed by atoms with Crippen LogP contribution in [0.4, 0.5) is 0 Å². The van der Waals surface area contributed by atoms with Gasteiger partial charge in [0.05, 0.1) is 11.2 Å². The Morgan fingerprint density at radius 1 is 0.750 bits per heavy atom. The molecule has 2 aliphatic carbocycles. The van der Waals surface area contributed by atoms with Gasteiger partial charge in [-0.3, -0.25) is 0 Å². The minimum atomic E-state index is 0. The normalized spacial score (nSPS) is 13.8. The van der Waals surface area contributed by atoms with Crippen LogP contribution >= 0.6 is 0 Å². The molecule has 3 aromatic rings. The second kappa shape index (κ2) is 9.50. The molecule has 2 aliphatic rings. The van der Waals surface area contributed by atoms with E-state index in [1.807, 2.05) is 36.8 Å². The summed E-state index contributed by atoms with van der Waals surface area (Å²) in [5.41, 5.74) is 6.97. The zero-order valence-corrected chi connectivity index (χ0v) is 16.8. The van der Waals surface area contributed by atoms with Crippen molar-refractivity contribution in [2.24, 2.45) is 0 Å². The minimum absolute atomic E-state index is 0. The molecule has 2 aromatic carbocycles. The van der Waals surface area contributed by atoms with Gasteiger partial charge in [-0.15, -0.1) is 0 Å². The molecule has 0 saturated carbocycles. The Kier molecular flexibility index (Phi) is 6.81. The fourth-order valence-electron chi connectivity index (χ4n) is 3.16. The van der Waals surface area contributed by atoms with E-state index in [-0.39, 0.29) is 17.1 Å². The van der Waals surface area contributed by atoms with E-state index in [4.69, 9.17) is 4.98 Å². The first-order chi connectivity index (χ1) is 13.3. The van der Waals surface area contributed by atoms with Crippen molar-refractivity contribution in [3.63, 3.8) is 0 Å². The van der Waals surface area contributed by atoms with Gasteiger partial charge in [0.15, 0.2) is 0 Å². The summed E-state index contributed by atoms with van der Waals surface area (Å²) in [6.45, 7) is 2.10. The summed E-state index contributed by atoms with van der Waals surface area (Å²) in [4.78, 5) is 4.85. The average molecular weight is 403 g/mol. The van der Waals surface area contributed by atoms with Crippen LogP contribution in [0, 0.1) is 19.8 Å². The average Bonchev–Trinajstić information content (AvgIpc) is 3.44. The Labute approximate surface area is 177 Å². The fourth-order valence-corrected chi connectivity index (χ4v) is 3.16. The molecular weight excluding hydrogens is 382 g/mol. The molecule has 0 aliphatic heterocycles. The third-order valence-corrected chi connectivity index (χ3v) is 4.59. The van der Waals surface area contributed by atoms with E-state index in [9.17, 15) is 0 Å². The molecule has 0 saturated heterocycles. The van der Waals surface area contributed by atoms with Crippen molar-refractivity contribution in [1.82, 2.24) is 4.98 Å². The summed E-state index contributed by atoms with van der Waals surface area (Å²) in [7, 11) is 0. The van der Waals surface area contributed by atoms with Crippen LogP contribution < -0.4 is 0 Å². The maximum absolute atomic E-state index is 4.85. The smallest absolute Gasteiger partial charge is 0.0715 e. The second-order valence-electron chi connectivity index (χ2n) is 6.57. The largest absolute Gasteiger partial charge is 0.248 e. The molecule has 0 unspecified atom stereocenters. The summed E-state index contributed by atoms with van der Waals surface area (Å²) < 4.78 is 0. The molecule has 138 valence electrons. The van der Waals surface area contributed by atoms with E-state index in [2.05, 4.69) is 80.1 Å². The van der Waals surface area contributed by atoms with Gasteiger partial charge in [0, 0.05) is 40.9 Å². The predicted molar refractivity (Wildman–Crippen MR) is 116 cm³/mol. The maximum Gasteiger partial charge on any atom is 0.0715 e. The molecular formula is C26H21FeN. The quantitative estimate of drug-likeness (QED) is 0.435. The first-order valence-electron chi connectivity index (χ1n) is 9.17. The van der Waals surface area contributed by atoms with E-state index < -0.39 is 0 Å². The number of nitrogens with zero attached hydrogens (tertiary/aromatic N) is 1. The Balaban J connectivity index is 0.000000329. The van der Waals surface area contributed by atoms with Gasteiger partial charge in [-0.05, 0) is 30.2 Å². The van der Waals surface area contributed by atoms with E-state index in [0.29, 0.717) is 0 Å². The molecule has 1 aromatic heterocycles. The Morgan fingerprint density at radius 2 is 1.50 bits per heavy atom. The number of aromatic nitrogens is 1. The van der Waals surface area contributed by atoms with Crippen LogP contribution in [0.2, 0.25) is 0 Å². The van der Waals surface area contributed by atoms with Crippen LogP contribution in [0.15, 0.2) is 97.1 Å². The fraction of sp³-hybridized carbons (Fsp3) is 0.0385. The molecule has 28 heavy (non-hydrogen) atoms. The topological polar surface area (TPSA) is 12.9 Å². The summed E-state index contributed by atoms with van der Waals surface area (Å²) >= 11 is 0. The molecule has 0 bridgehead atoms. The first kappa shape index (κ1) is 20.1. The van der Waals surface area contributed by atoms with Crippen LogP contribution in [0.25, 0.3) is 27.7 Å². The molecule has 5 rings (SSSR count). The zero-order valence-electron chi connectivity index (χ0n) is 15.7. The Bertz CT molecular complexity index is 1060. The number of hydrogen-bond donors (Lipinski definition) is 0. The number of pyridine rings is 1. The van der Waals surface area contributed by atoms with Crippen LogP contribution in [0.1, 0.15) is 11.1 Å². The molecule has 2 radical (unpaired) electrons. The predicted octanol–water partition coefficient (Wildman–Crippen LogP) is 6.68. The molecule has 0 spiro atoms. The van der Waals surface area contributed by atoms with Crippen molar-refractivity contribution in [2.75, 3.05) is 0 Å². The molecule has 1 heterocycles. The number of hydrogen-bond acceptors (Lipinski definition) is 1. The van der Waals surface area contributed by atoms with Crippen molar-refractivity contribution >= 4 is 16.5 Å². The van der Waals surface area contributed by atoms with Crippen molar-refractivity contribution in [3.05, 3.63) is 121 Å². The minimum Gasteiger partial charge on any atom is -0.248 e. The van der Waals surface area contributed by atoms with Crippen molar-refractivity contribution in [2.45, 2.75) is 6.92 Å². The number of allylic oxidation sites excluding steroid dienone is 8. The van der Waals surface area contributed by atoms with E-state index in [1.165, 1.54) is 22.1 Å². The van der Waals surface area contributed by atoms with Gasteiger partial charge in [-0.2, -0.15) is 0 Å². The van der Waals surface area contributed by atoms with E-state index in [1.54, 1.807) is 0 Å². The standard InChI is InChI=1S/C21H16N.C5H5.Fe/c1-15-10-12-17(13-11-15)21-14-19(16-6-2-3-7-16)18-8-4-5-9-20(18)22-21;1-2-4-5-3-1;/h2-14H,1H3;1-5H;. The second-order valence-corrected chi connectivity index (χ2v) is 6.57. The number of benzene rings is 2. The SMILES string of the molecule is Cc1ccc(-c2cc(C3=C[CH]C=C3)c3ccccc3n2)cc1.[CH]1C=CC=C1.[Fe]. The van der Waals surface area contributed by atoms with Crippen LogP contribution in [0.5, 0.6) is 0 Å². The van der Waals surface area contributed by atoms with Crippen LogP contribution in [0.3, 0.4) is 0 Å². The molecule has 1 nitrogen and oxygen atoms in total. The summed E-state index contributed by atoms with van der Waals surface area (Å²) in [6.07, 6.45) is 18.5. The summed E-state index contributed by atoms with van der Waals surface area (Å²) in [5, 5.41) is 1.20. The molecule has 0 fully saturated rings. The maximum atomic E-state index is 4.85. The zero-order chi connectivity index (χ0) is 18.5. The van der Waals surface area contributed by atoms with Crippen molar-refractivity contribution < 1.29 is 17.1 Å². The number of fused-ring (bicyclic) bond motifs is 1. The van der Waals surface area contributed by atoms with Gasteiger partial charge >= 0.3 is 0 Å². The Morgan fingerprint density at radius 3 is 2.14 bits per heavy atom. The summed E-state index contributed by atoms with van der Waals surface area (Å²) in [6, 6.07) is 19.1. The molecule has 0 amide bonds. The van der Waals surface area contributed by atoms with Gasteiger partial charge in [-0.25, -0.2) is 4.98 Å².